The molecular formula is C42H47N11O4. The maximum absolute atomic E-state index is 13.2. The highest BCUT2D eigenvalue weighted by Gasteiger charge is 2.29. The number of carbonyl (C=O) groups excluding carboxylic acids is 4. The van der Waals surface area contributed by atoms with Crippen LogP contribution in [0, 0.1) is 0 Å². The fraction of sp³-hybridized carbons (Fsp3) is 0.381. The Kier molecular flexibility index (Phi) is 9.92. The van der Waals surface area contributed by atoms with Crippen LogP contribution in [0.1, 0.15) is 64.3 Å². The lowest BCUT2D eigenvalue weighted by Gasteiger charge is -2.43. The minimum Gasteiger partial charge on any atom is -0.371 e. The molecule has 0 spiro atoms. The van der Waals surface area contributed by atoms with E-state index in [4.69, 9.17) is 0 Å². The number of hydrogen-bond acceptors (Lipinski definition) is 9. The molecule has 5 aromatic rings. The van der Waals surface area contributed by atoms with Crippen molar-refractivity contribution in [2.45, 2.75) is 51.4 Å². The van der Waals surface area contributed by atoms with Crippen molar-refractivity contribution in [2.75, 3.05) is 67.5 Å². The van der Waals surface area contributed by atoms with Gasteiger partial charge in [-0.15, -0.1) is 0 Å². The number of piperazine rings is 1. The van der Waals surface area contributed by atoms with Crippen LogP contribution in [-0.2, 0) is 17.9 Å². The monoisotopic (exact) mass is 769 g/mol. The number of benzene rings is 2. The SMILES string of the molecule is C[C@@H]1CNC(=O)c2cc3ccc(C(=O)Nc4cnn(Cc5ccc(N6CCC(N7CCN(Cc8ccc(N9CCC(=O)NC9=O)cc8)CC7)CC6)cc5)c4)nc3n21. The van der Waals surface area contributed by atoms with E-state index in [0.29, 0.717) is 49.1 Å². The summed E-state index contributed by atoms with van der Waals surface area (Å²) in [6, 6.07) is 22.4. The van der Waals surface area contributed by atoms with Crippen LogP contribution in [0.4, 0.5) is 21.9 Å². The van der Waals surface area contributed by atoms with Crippen molar-refractivity contribution in [3.05, 3.63) is 102 Å². The summed E-state index contributed by atoms with van der Waals surface area (Å²) in [6.45, 7) is 10.7. The van der Waals surface area contributed by atoms with E-state index >= 15 is 0 Å². The summed E-state index contributed by atoms with van der Waals surface area (Å²) in [7, 11) is 0. The lowest BCUT2D eigenvalue weighted by Crippen LogP contribution is -2.53. The Hall–Kier alpha value is -6.06. The lowest BCUT2D eigenvalue weighted by molar-refractivity contribution is -0.120. The molecule has 0 radical (unpaired) electrons. The van der Waals surface area contributed by atoms with Gasteiger partial charge >= 0.3 is 6.03 Å². The first kappa shape index (κ1) is 36.6. The van der Waals surface area contributed by atoms with Crippen molar-refractivity contribution in [1.29, 1.82) is 0 Å². The zero-order chi connectivity index (χ0) is 39.0. The predicted octanol–water partition coefficient (Wildman–Crippen LogP) is 4.07. The molecule has 9 rings (SSSR count). The van der Waals surface area contributed by atoms with Gasteiger partial charge < -0.3 is 20.1 Å². The number of hydrogen-bond donors (Lipinski definition) is 3. The van der Waals surface area contributed by atoms with Gasteiger partial charge in [-0.3, -0.25) is 39.1 Å². The van der Waals surface area contributed by atoms with Crippen LogP contribution >= 0.6 is 0 Å². The second kappa shape index (κ2) is 15.5. The molecule has 1 atom stereocenters. The molecule has 4 aliphatic heterocycles. The van der Waals surface area contributed by atoms with Crippen molar-refractivity contribution < 1.29 is 19.2 Å². The normalized spacial score (nSPS) is 19.7. The molecule has 4 aliphatic rings. The van der Waals surface area contributed by atoms with Gasteiger partial charge in [0.05, 0.1) is 24.5 Å². The molecule has 0 unspecified atom stereocenters. The van der Waals surface area contributed by atoms with Gasteiger partial charge in [0, 0.05) is 94.3 Å². The summed E-state index contributed by atoms with van der Waals surface area (Å²) < 4.78 is 3.71. The van der Waals surface area contributed by atoms with Crippen molar-refractivity contribution in [3.8, 4) is 0 Å². The molecule has 3 N–H and O–H groups in total. The Labute approximate surface area is 330 Å². The molecule has 15 heteroatoms. The molecule has 15 nitrogen and oxygen atoms in total. The van der Waals surface area contributed by atoms with Crippen LogP contribution in [0.5, 0.6) is 0 Å². The smallest absolute Gasteiger partial charge is 0.328 e. The maximum atomic E-state index is 13.2. The number of rotatable bonds is 9. The van der Waals surface area contributed by atoms with E-state index in [0.717, 1.165) is 75.3 Å². The Bertz CT molecular complexity index is 2300. The largest absolute Gasteiger partial charge is 0.371 e. The summed E-state index contributed by atoms with van der Waals surface area (Å²) in [4.78, 5) is 63.1. The Morgan fingerprint density at radius 2 is 1.56 bits per heavy atom. The molecule has 0 saturated carbocycles. The number of nitrogens with one attached hydrogen (secondary N) is 3. The number of urea groups is 1. The van der Waals surface area contributed by atoms with E-state index in [1.54, 1.807) is 17.2 Å². The van der Waals surface area contributed by atoms with E-state index in [1.807, 2.05) is 46.6 Å². The molecule has 2 aromatic carbocycles. The average Bonchev–Trinajstić information content (AvgIpc) is 3.85. The second-order valence-corrected chi connectivity index (χ2v) is 15.6. The third-order valence-corrected chi connectivity index (χ3v) is 11.8. The fourth-order valence-corrected chi connectivity index (χ4v) is 8.60. The van der Waals surface area contributed by atoms with Crippen molar-refractivity contribution >= 4 is 51.8 Å². The van der Waals surface area contributed by atoms with Gasteiger partial charge in [0.1, 0.15) is 17.0 Å². The van der Waals surface area contributed by atoms with Crippen LogP contribution in [0.2, 0.25) is 0 Å². The van der Waals surface area contributed by atoms with Crippen molar-refractivity contribution in [2.24, 2.45) is 0 Å². The first-order chi connectivity index (χ1) is 27.7. The minimum absolute atomic E-state index is 0.0400. The summed E-state index contributed by atoms with van der Waals surface area (Å²) in [5.41, 5.74) is 6.45. The molecule has 294 valence electrons. The Balaban J connectivity index is 0.721. The zero-order valence-electron chi connectivity index (χ0n) is 32.1. The number of aromatic nitrogens is 4. The molecule has 3 fully saturated rings. The Morgan fingerprint density at radius 1 is 0.842 bits per heavy atom. The molecular weight excluding hydrogens is 723 g/mol. The van der Waals surface area contributed by atoms with E-state index in [9.17, 15) is 19.2 Å². The number of amides is 5. The number of fused-ring (bicyclic) bond motifs is 3. The number of imide groups is 1. The van der Waals surface area contributed by atoms with Crippen LogP contribution < -0.4 is 25.8 Å². The topological polar surface area (TPSA) is 153 Å². The quantitative estimate of drug-likeness (QED) is 0.202. The highest BCUT2D eigenvalue weighted by molar-refractivity contribution is 6.06. The zero-order valence-corrected chi connectivity index (χ0v) is 32.1. The van der Waals surface area contributed by atoms with Gasteiger partial charge in [-0.05, 0) is 73.4 Å². The number of pyridine rings is 1. The molecule has 3 aromatic heterocycles. The van der Waals surface area contributed by atoms with Crippen LogP contribution in [0.3, 0.4) is 0 Å². The summed E-state index contributed by atoms with van der Waals surface area (Å²) in [5, 5.41) is 13.5. The van der Waals surface area contributed by atoms with E-state index in [-0.39, 0.29) is 35.5 Å². The van der Waals surface area contributed by atoms with Crippen molar-refractivity contribution in [3.63, 3.8) is 0 Å². The fourth-order valence-electron chi connectivity index (χ4n) is 8.60. The van der Waals surface area contributed by atoms with E-state index in [1.165, 1.54) is 11.3 Å². The molecule has 3 saturated heterocycles. The van der Waals surface area contributed by atoms with Crippen molar-refractivity contribution in [1.82, 2.24) is 39.8 Å². The number of carbonyl (C=O) groups is 4. The molecule has 0 aliphatic carbocycles. The number of anilines is 3. The first-order valence-electron chi connectivity index (χ1n) is 19.9. The predicted molar refractivity (Wildman–Crippen MR) is 217 cm³/mol. The average molecular weight is 770 g/mol. The summed E-state index contributed by atoms with van der Waals surface area (Å²) in [5.74, 6) is -0.683. The van der Waals surface area contributed by atoms with Gasteiger partial charge in [-0.2, -0.15) is 5.10 Å². The van der Waals surface area contributed by atoms with Crippen LogP contribution in [-0.4, -0.2) is 111 Å². The summed E-state index contributed by atoms with van der Waals surface area (Å²) >= 11 is 0. The Morgan fingerprint density at radius 3 is 2.30 bits per heavy atom. The highest BCUT2D eigenvalue weighted by Crippen LogP contribution is 2.27. The van der Waals surface area contributed by atoms with Gasteiger partial charge in [0.2, 0.25) is 5.91 Å². The number of piperidine rings is 1. The third-order valence-electron chi connectivity index (χ3n) is 11.8. The van der Waals surface area contributed by atoms with Gasteiger partial charge in [0.15, 0.2) is 0 Å². The van der Waals surface area contributed by atoms with Gasteiger partial charge in [-0.25, -0.2) is 9.78 Å². The third kappa shape index (κ3) is 7.72. The molecule has 5 amide bonds. The molecule has 0 bridgehead atoms. The lowest BCUT2D eigenvalue weighted by atomic mass is 10.0. The van der Waals surface area contributed by atoms with E-state index in [2.05, 4.69) is 77.1 Å². The second-order valence-electron chi connectivity index (χ2n) is 15.6. The number of nitrogens with zero attached hydrogens (tertiary/aromatic N) is 8. The molecule has 7 heterocycles. The highest BCUT2D eigenvalue weighted by atomic mass is 16.2. The van der Waals surface area contributed by atoms with E-state index < -0.39 is 0 Å². The standard InChI is InChI=1S/C42H47N11O4/c1-28-23-43-41(56)37-22-31-6-11-36(46-39(31)53(28)37)40(55)45-32-24-44-51(27-32)26-30-2-7-33(8-3-30)49-15-12-34(13-16-49)50-20-18-48(19-21-50)25-29-4-9-35(10-5-29)52-17-14-38(54)47-42(52)57/h2-11,22,24,27-28,34H,12-21,23,25-26H2,1H3,(H,43,56)(H,45,55)(H,47,54,57)/t28-/m1/s1. The first-order valence-corrected chi connectivity index (χ1v) is 19.9. The maximum Gasteiger partial charge on any atom is 0.328 e. The minimum atomic E-state index is -0.351. The molecule has 57 heavy (non-hydrogen) atoms. The van der Waals surface area contributed by atoms with Crippen LogP contribution in [0.25, 0.3) is 11.0 Å². The van der Waals surface area contributed by atoms with Gasteiger partial charge in [0.25, 0.3) is 11.8 Å². The van der Waals surface area contributed by atoms with Gasteiger partial charge in [-0.1, -0.05) is 24.3 Å². The van der Waals surface area contributed by atoms with Crippen LogP contribution in [0.15, 0.2) is 79.1 Å². The summed E-state index contributed by atoms with van der Waals surface area (Å²) in [6.07, 6.45) is 6.08.